The number of hydrogen-bond donors (Lipinski definition) is 1. The summed E-state index contributed by atoms with van der Waals surface area (Å²) >= 11 is 1.75. The zero-order valence-corrected chi connectivity index (χ0v) is 14.1. The molecule has 4 heteroatoms. The molecule has 1 atom stereocenters. The van der Waals surface area contributed by atoms with Gasteiger partial charge in [0.25, 0.3) is 0 Å². The molecule has 0 amide bonds. The van der Waals surface area contributed by atoms with Gasteiger partial charge in [-0.15, -0.1) is 11.3 Å². The number of rotatable bonds is 5. The molecule has 0 saturated carbocycles. The van der Waals surface area contributed by atoms with Gasteiger partial charge in [-0.1, -0.05) is 36.4 Å². The Hall–Kier alpha value is -2.17. The lowest BCUT2D eigenvalue weighted by molar-refractivity contribution is 0.311. The van der Waals surface area contributed by atoms with Crippen LogP contribution in [0.4, 0.5) is 0 Å². The first-order valence-corrected chi connectivity index (χ1v) is 8.45. The van der Waals surface area contributed by atoms with Crippen molar-refractivity contribution in [3.05, 3.63) is 64.4 Å². The Morgan fingerprint density at radius 2 is 1.96 bits per heavy atom. The summed E-state index contributed by atoms with van der Waals surface area (Å²) < 4.78 is 0. The van der Waals surface area contributed by atoms with Crippen LogP contribution in [0.5, 0.6) is 5.75 Å². The van der Waals surface area contributed by atoms with E-state index in [0.717, 1.165) is 16.3 Å². The van der Waals surface area contributed by atoms with Crippen LogP contribution in [0.2, 0.25) is 0 Å². The van der Waals surface area contributed by atoms with Gasteiger partial charge in [-0.05, 0) is 42.4 Å². The average molecular weight is 324 g/mol. The summed E-state index contributed by atoms with van der Waals surface area (Å²) in [6.45, 7) is 0.663. The van der Waals surface area contributed by atoms with E-state index in [-0.39, 0.29) is 11.8 Å². The maximum atomic E-state index is 10.2. The number of aliphatic imine (C=N–C) groups is 1. The van der Waals surface area contributed by atoms with E-state index in [1.165, 1.54) is 4.88 Å². The van der Waals surface area contributed by atoms with Gasteiger partial charge in [0.15, 0.2) is 0 Å². The highest BCUT2D eigenvalue weighted by Gasteiger charge is 2.14. The molecule has 23 heavy (non-hydrogen) atoms. The van der Waals surface area contributed by atoms with E-state index in [2.05, 4.69) is 41.5 Å². The predicted molar refractivity (Wildman–Crippen MR) is 98.8 cm³/mol. The van der Waals surface area contributed by atoms with Crippen molar-refractivity contribution >= 4 is 28.3 Å². The molecule has 0 aliphatic heterocycles. The van der Waals surface area contributed by atoms with E-state index < -0.39 is 0 Å². The number of nitrogens with zero attached hydrogens (tertiary/aromatic N) is 2. The first kappa shape index (κ1) is 15.7. The molecule has 1 heterocycles. The third-order valence-corrected chi connectivity index (χ3v) is 4.91. The molecule has 0 spiro atoms. The van der Waals surface area contributed by atoms with E-state index in [1.807, 2.05) is 30.3 Å². The number of thiophene rings is 1. The third kappa shape index (κ3) is 3.44. The largest absolute Gasteiger partial charge is 0.507 e. The van der Waals surface area contributed by atoms with Gasteiger partial charge in [-0.2, -0.15) is 0 Å². The van der Waals surface area contributed by atoms with Crippen molar-refractivity contribution in [2.45, 2.75) is 6.04 Å². The smallest absolute Gasteiger partial charge is 0.124 e. The third-order valence-electron chi connectivity index (χ3n) is 3.94. The van der Waals surface area contributed by atoms with Crippen molar-refractivity contribution in [3.8, 4) is 5.75 Å². The Bertz CT molecular complexity index is 809. The second-order valence-corrected chi connectivity index (χ2v) is 6.69. The molecule has 0 aliphatic carbocycles. The Balaban J connectivity index is 1.87. The fourth-order valence-corrected chi connectivity index (χ4v) is 3.57. The van der Waals surface area contributed by atoms with Gasteiger partial charge in [0.05, 0.1) is 12.6 Å². The minimum atomic E-state index is 0.253. The topological polar surface area (TPSA) is 35.8 Å². The van der Waals surface area contributed by atoms with Crippen molar-refractivity contribution in [2.24, 2.45) is 4.99 Å². The van der Waals surface area contributed by atoms with E-state index >= 15 is 0 Å². The summed E-state index contributed by atoms with van der Waals surface area (Å²) in [5.41, 5.74) is 0.784. The number of phenols is 1. The normalized spacial score (nSPS) is 13.2. The molecular formula is C19H20N2OS. The Morgan fingerprint density at radius 1 is 1.13 bits per heavy atom. The zero-order chi connectivity index (χ0) is 16.2. The van der Waals surface area contributed by atoms with Crippen LogP contribution in [-0.4, -0.2) is 36.9 Å². The van der Waals surface area contributed by atoms with Crippen molar-refractivity contribution in [1.29, 1.82) is 0 Å². The first-order chi connectivity index (χ1) is 11.2. The molecule has 0 radical (unpaired) electrons. The van der Waals surface area contributed by atoms with Crippen LogP contribution in [0.1, 0.15) is 16.5 Å². The zero-order valence-electron chi connectivity index (χ0n) is 13.3. The molecule has 0 fully saturated rings. The lowest BCUT2D eigenvalue weighted by Gasteiger charge is -2.21. The molecule has 0 aliphatic rings. The summed E-state index contributed by atoms with van der Waals surface area (Å²) in [4.78, 5) is 8.08. The summed E-state index contributed by atoms with van der Waals surface area (Å²) in [5.74, 6) is 0.268. The molecule has 0 unspecified atom stereocenters. The van der Waals surface area contributed by atoms with Crippen LogP contribution in [0.3, 0.4) is 0 Å². The van der Waals surface area contributed by atoms with Crippen LogP contribution in [0.25, 0.3) is 10.8 Å². The molecule has 0 saturated heterocycles. The second kappa shape index (κ2) is 6.94. The molecule has 1 N–H and O–H groups in total. The molecule has 3 aromatic rings. The summed E-state index contributed by atoms with van der Waals surface area (Å²) in [6, 6.07) is 16.1. The Morgan fingerprint density at radius 3 is 2.70 bits per heavy atom. The highest BCUT2D eigenvalue weighted by Crippen LogP contribution is 2.26. The van der Waals surface area contributed by atoms with Crippen molar-refractivity contribution < 1.29 is 5.11 Å². The highest BCUT2D eigenvalue weighted by molar-refractivity contribution is 7.10. The van der Waals surface area contributed by atoms with Gasteiger partial charge in [-0.25, -0.2) is 0 Å². The van der Waals surface area contributed by atoms with Crippen molar-refractivity contribution in [1.82, 2.24) is 4.90 Å². The quantitative estimate of drug-likeness (QED) is 0.709. The monoisotopic (exact) mass is 324 g/mol. The summed E-state index contributed by atoms with van der Waals surface area (Å²) in [7, 11) is 4.13. The minimum absolute atomic E-state index is 0.253. The van der Waals surface area contributed by atoms with Crippen LogP contribution < -0.4 is 0 Å². The van der Waals surface area contributed by atoms with Crippen LogP contribution in [0, 0.1) is 0 Å². The maximum Gasteiger partial charge on any atom is 0.124 e. The second-order valence-electron chi connectivity index (χ2n) is 5.71. The fourth-order valence-electron chi connectivity index (χ4n) is 2.65. The van der Waals surface area contributed by atoms with E-state index in [9.17, 15) is 5.11 Å². The maximum absolute atomic E-state index is 10.2. The van der Waals surface area contributed by atoms with Crippen LogP contribution in [-0.2, 0) is 0 Å². The molecule has 3 rings (SSSR count). The van der Waals surface area contributed by atoms with E-state index in [4.69, 9.17) is 0 Å². The number of phenolic OH excluding ortho intramolecular Hbond substituents is 1. The lowest BCUT2D eigenvalue weighted by Crippen LogP contribution is -2.21. The van der Waals surface area contributed by atoms with Crippen molar-refractivity contribution in [3.63, 3.8) is 0 Å². The average Bonchev–Trinajstić information content (AvgIpc) is 3.07. The number of likely N-dealkylation sites (N-methyl/N-ethyl adjacent to an activating group) is 1. The van der Waals surface area contributed by atoms with Gasteiger partial charge in [0.2, 0.25) is 0 Å². The van der Waals surface area contributed by atoms with Gasteiger partial charge in [-0.3, -0.25) is 4.99 Å². The molecule has 1 aromatic heterocycles. The molecule has 3 nitrogen and oxygen atoms in total. The highest BCUT2D eigenvalue weighted by atomic mass is 32.1. The standard InChI is InChI=1S/C19H20N2OS/c1-21(2)17(19-8-5-11-23-19)13-20-12-16-15-7-4-3-6-14(15)9-10-18(16)22/h3-12,17,22H,13H2,1-2H3/t17-/m1/s1. The van der Waals surface area contributed by atoms with E-state index in [1.54, 1.807) is 23.6 Å². The van der Waals surface area contributed by atoms with Gasteiger partial charge >= 0.3 is 0 Å². The number of hydrogen-bond acceptors (Lipinski definition) is 4. The van der Waals surface area contributed by atoms with Gasteiger partial charge < -0.3 is 10.0 Å². The number of benzene rings is 2. The molecule has 0 bridgehead atoms. The predicted octanol–water partition coefficient (Wildman–Crippen LogP) is 4.33. The Labute approximate surface area is 140 Å². The SMILES string of the molecule is CN(C)[C@H](CN=Cc1c(O)ccc2ccccc12)c1cccs1. The van der Waals surface area contributed by atoms with Gasteiger partial charge in [0, 0.05) is 16.7 Å². The molecule has 118 valence electrons. The van der Waals surface area contributed by atoms with Crippen LogP contribution >= 0.6 is 11.3 Å². The first-order valence-electron chi connectivity index (χ1n) is 7.57. The minimum Gasteiger partial charge on any atom is -0.507 e. The summed E-state index contributed by atoms with van der Waals surface area (Å²) in [5, 5.41) is 14.4. The van der Waals surface area contributed by atoms with Gasteiger partial charge in [0.1, 0.15) is 5.75 Å². The fraction of sp³-hybridized carbons (Fsp3) is 0.211. The molecule has 2 aromatic carbocycles. The number of aromatic hydroxyl groups is 1. The lowest BCUT2D eigenvalue weighted by atomic mass is 10.0. The van der Waals surface area contributed by atoms with E-state index in [0.29, 0.717) is 6.54 Å². The molecular weight excluding hydrogens is 304 g/mol. The van der Waals surface area contributed by atoms with Crippen LogP contribution in [0.15, 0.2) is 58.9 Å². The Kier molecular flexibility index (Phi) is 4.74. The summed E-state index contributed by atoms with van der Waals surface area (Å²) in [6.07, 6.45) is 1.79. The van der Waals surface area contributed by atoms with Crippen molar-refractivity contribution in [2.75, 3.05) is 20.6 Å². The number of fused-ring (bicyclic) bond motifs is 1.